The van der Waals surface area contributed by atoms with Gasteiger partial charge in [-0.1, -0.05) is 25.6 Å². The van der Waals surface area contributed by atoms with E-state index in [1.165, 1.54) is 0 Å². The van der Waals surface area contributed by atoms with Gasteiger partial charge in [-0.3, -0.25) is 9.80 Å². The lowest BCUT2D eigenvalue weighted by Gasteiger charge is -2.23. The Morgan fingerprint density at radius 1 is 0.578 bits per heavy atom. The van der Waals surface area contributed by atoms with Crippen molar-refractivity contribution in [1.29, 1.82) is 0 Å². The third-order valence-corrected chi connectivity index (χ3v) is 8.49. The van der Waals surface area contributed by atoms with Gasteiger partial charge in [-0.2, -0.15) is 0 Å². The second-order valence-electron chi connectivity index (χ2n) is 10.5. The van der Waals surface area contributed by atoms with Crippen molar-refractivity contribution < 1.29 is 29.2 Å². The molecular formula is C36H44N2O6S. The van der Waals surface area contributed by atoms with E-state index in [9.17, 15) is 10.2 Å². The third-order valence-electron chi connectivity index (χ3n) is 7.48. The lowest BCUT2D eigenvalue weighted by molar-refractivity contribution is 0.0815. The third kappa shape index (κ3) is 10.6. The van der Waals surface area contributed by atoms with Crippen molar-refractivity contribution in [2.45, 2.75) is 36.7 Å². The molecule has 0 radical (unpaired) electrons. The van der Waals surface area contributed by atoms with E-state index in [0.29, 0.717) is 32.1 Å². The van der Waals surface area contributed by atoms with Gasteiger partial charge in [0, 0.05) is 47.1 Å². The summed E-state index contributed by atoms with van der Waals surface area (Å²) < 4.78 is 22.6. The van der Waals surface area contributed by atoms with Crippen LogP contribution in [0.1, 0.15) is 25.0 Å². The van der Waals surface area contributed by atoms with Crippen molar-refractivity contribution in [3.05, 3.63) is 96.1 Å². The molecule has 0 saturated heterocycles. The lowest BCUT2D eigenvalue weighted by atomic mass is 10.1. The predicted octanol–water partition coefficient (Wildman–Crippen LogP) is 7.42. The van der Waals surface area contributed by atoms with Gasteiger partial charge in [0.25, 0.3) is 0 Å². The normalized spacial score (nSPS) is 11.2. The van der Waals surface area contributed by atoms with Crippen molar-refractivity contribution in [2.75, 3.05) is 53.6 Å². The second kappa shape index (κ2) is 17.6. The molecule has 0 amide bonds. The minimum absolute atomic E-state index is 0.243. The number of aromatic hydroxyl groups is 2. The summed E-state index contributed by atoms with van der Waals surface area (Å²) in [4.78, 5) is 6.70. The quantitative estimate of drug-likeness (QED) is 0.109. The topological polar surface area (TPSA) is 83.9 Å². The van der Waals surface area contributed by atoms with Gasteiger partial charge in [-0.05, 0) is 98.0 Å². The molecule has 4 aromatic carbocycles. The van der Waals surface area contributed by atoms with Gasteiger partial charge in [0.05, 0.1) is 27.4 Å². The van der Waals surface area contributed by atoms with Crippen molar-refractivity contribution >= 4 is 11.8 Å². The molecular weight excluding hydrogens is 588 g/mol. The number of ether oxygens (including phenoxy) is 4. The molecule has 0 unspecified atom stereocenters. The van der Waals surface area contributed by atoms with E-state index in [4.69, 9.17) is 18.9 Å². The number of hydrogen-bond acceptors (Lipinski definition) is 9. The number of phenols is 2. The van der Waals surface area contributed by atoms with Crippen molar-refractivity contribution in [3.8, 4) is 34.5 Å². The van der Waals surface area contributed by atoms with Gasteiger partial charge in [0.2, 0.25) is 0 Å². The summed E-state index contributed by atoms with van der Waals surface area (Å²) in [5, 5.41) is 20.8. The molecule has 2 N–H and O–H groups in total. The van der Waals surface area contributed by atoms with Crippen LogP contribution in [0.5, 0.6) is 34.5 Å². The van der Waals surface area contributed by atoms with Gasteiger partial charge in [-0.25, -0.2) is 0 Å². The fourth-order valence-corrected chi connectivity index (χ4v) is 5.54. The lowest BCUT2D eigenvalue weighted by Crippen LogP contribution is -2.30. The first-order valence-electron chi connectivity index (χ1n) is 15.2. The van der Waals surface area contributed by atoms with Crippen LogP contribution in [0.25, 0.3) is 0 Å². The maximum atomic E-state index is 10.6. The number of methoxy groups -OCH3 is 2. The Balaban J connectivity index is 1.23. The molecule has 4 rings (SSSR count). The molecule has 8 nitrogen and oxygen atoms in total. The average molecular weight is 633 g/mol. The van der Waals surface area contributed by atoms with E-state index in [1.807, 2.05) is 60.7 Å². The van der Waals surface area contributed by atoms with Gasteiger partial charge in [-0.15, -0.1) is 0 Å². The Bertz CT molecular complexity index is 1470. The van der Waals surface area contributed by atoms with E-state index in [1.54, 1.807) is 50.2 Å². The fraction of sp³-hybridized carbons (Fsp3) is 0.333. The molecule has 0 saturated carbocycles. The monoisotopic (exact) mass is 632 g/mol. The first kappa shape index (κ1) is 34.0. The zero-order valence-corrected chi connectivity index (χ0v) is 27.4. The summed E-state index contributed by atoms with van der Waals surface area (Å²) in [7, 11) is 3.29. The highest BCUT2D eigenvalue weighted by atomic mass is 32.2. The highest BCUT2D eigenvalue weighted by molar-refractivity contribution is 7.99. The molecule has 0 atom stereocenters. The molecule has 9 heteroatoms. The summed E-state index contributed by atoms with van der Waals surface area (Å²) in [5.74, 6) is 3.48. The minimum atomic E-state index is 0.243. The minimum Gasteiger partial charge on any atom is -0.508 e. The highest BCUT2D eigenvalue weighted by Crippen LogP contribution is 2.32. The zero-order chi connectivity index (χ0) is 32.0. The summed E-state index contributed by atoms with van der Waals surface area (Å²) in [6, 6.07) is 26.6. The Morgan fingerprint density at radius 2 is 1.02 bits per heavy atom. The number of nitrogens with zero attached hydrogens (tertiary/aromatic N) is 2. The van der Waals surface area contributed by atoms with E-state index < -0.39 is 0 Å². The Hall–Kier alpha value is -3.89. The van der Waals surface area contributed by atoms with E-state index in [-0.39, 0.29) is 11.5 Å². The summed E-state index contributed by atoms with van der Waals surface area (Å²) in [6.07, 6.45) is 0. The van der Waals surface area contributed by atoms with Crippen LogP contribution in [0.4, 0.5) is 0 Å². The van der Waals surface area contributed by atoms with Gasteiger partial charge >= 0.3 is 0 Å². The van der Waals surface area contributed by atoms with Crippen LogP contribution >= 0.6 is 11.8 Å². The molecule has 45 heavy (non-hydrogen) atoms. The van der Waals surface area contributed by atoms with Crippen LogP contribution in [0.3, 0.4) is 0 Å². The van der Waals surface area contributed by atoms with Crippen LogP contribution in [0.2, 0.25) is 0 Å². The van der Waals surface area contributed by atoms with Gasteiger partial charge in [0.1, 0.15) is 34.5 Å². The van der Waals surface area contributed by atoms with Crippen LogP contribution in [-0.4, -0.2) is 73.6 Å². The smallest absolute Gasteiger partial charge is 0.128 e. The molecule has 4 aromatic rings. The van der Waals surface area contributed by atoms with Gasteiger partial charge < -0.3 is 29.2 Å². The maximum Gasteiger partial charge on any atom is 0.128 e. The number of likely N-dealkylation sites (N-methyl/N-ethyl adjacent to an activating group) is 2. The standard InChI is InChI=1S/C36H44N2O6S/c1-5-37(25-27-23-31(42-4)11-17-35(27)39)19-21-43-22-20-38(6-2)26-28-24-32(12-18-36(28)40)44-30-9-15-34(16-10-30)45-33-13-7-29(41-3)8-14-33/h7-18,23-24,39-40H,5-6,19-22,25-26H2,1-4H3. The molecule has 240 valence electrons. The van der Waals surface area contributed by atoms with Crippen molar-refractivity contribution in [2.24, 2.45) is 0 Å². The molecule has 0 aliphatic heterocycles. The predicted molar refractivity (Wildman–Crippen MR) is 179 cm³/mol. The molecule has 0 aliphatic carbocycles. The van der Waals surface area contributed by atoms with E-state index in [0.717, 1.165) is 64.3 Å². The second-order valence-corrected chi connectivity index (χ2v) is 11.6. The van der Waals surface area contributed by atoms with Crippen LogP contribution in [0, 0.1) is 0 Å². The van der Waals surface area contributed by atoms with Crippen molar-refractivity contribution in [3.63, 3.8) is 0 Å². The summed E-state index contributed by atoms with van der Waals surface area (Å²) >= 11 is 1.67. The molecule has 0 bridgehead atoms. The Labute approximate surface area is 271 Å². The van der Waals surface area contributed by atoms with Crippen LogP contribution in [-0.2, 0) is 17.8 Å². The maximum absolute atomic E-state index is 10.6. The molecule has 0 aromatic heterocycles. The largest absolute Gasteiger partial charge is 0.508 e. The van der Waals surface area contributed by atoms with E-state index >= 15 is 0 Å². The van der Waals surface area contributed by atoms with Crippen molar-refractivity contribution in [1.82, 2.24) is 9.80 Å². The molecule has 0 fully saturated rings. The molecule has 0 spiro atoms. The number of hydrogen-bond donors (Lipinski definition) is 2. The number of rotatable bonds is 18. The summed E-state index contributed by atoms with van der Waals surface area (Å²) in [5.41, 5.74) is 1.64. The highest BCUT2D eigenvalue weighted by Gasteiger charge is 2.12. The van der Waals surface area contributed by atoms with E-state index in [2.05, 4.69) is 23.6 Å². The Morgan fingerprint density at radius 3 is 1.51 bits per heavy atom. The first-order valence-corrected chi connectivity index (χ1v) is 16.0. The molecule has 0 aliphatic rings. The average Bonchev–Trinajstić information content (AvgIpc) is 3.07. The number of benzene rings is 4. The van der Waals surface area contributed by atoms with Crippen LogP contribution in [0.15, 0.2) is 94.7 Å². The SMILES string of the molecule is CCN(CCOCCN(CC)Cc1cc(Oc2ccc(Sc3ccc(OC)cc3)cc2)ccc1O)Cc1cc(OC)ccc1O. The summed E-state index contributed by atoms with van der Waals surface area (Å²) in [6.45, 7) is 9.70. The Kier molecular flexibility index (Phi) is 13.3. The zero-order valence-electron chi connectivity index (χ0n) is 26.6. The molecule has 0 heterocycles. The first-order chi connectivity index (χ1) is 21.9. The number of phenolic OH excluding ortho intramolecular Hbond substituents is 2. The fourth-order valence-electron chi connectivity index (χ4n) is 4.73. The van der Waals surface area contributed by atoms with Crippen LogP contribution < -0.4 is 14.2 Å². The van der Waals surface area contributed by atoms with Gasteiger partial charge in [0.15, 0.2) is 0 Å².